The van der Waals surface area contributed by atoms with Crippen LogP contribution in [-0.4, -0.2) is 45.6 Å². The van der Waals surface area contributed by atoms with E-state index in [0.717, 1.165) is 59.6 Å². The summed E-state index contributed by atoms with van der Waals surface area (Å²) < 4.78 is 16.3. The number of carboxylic acids is 1. The van der Waals surface area contributed by atoms with E-state index in [9.17, 15) is 14.7 Å². The zero-order valence-corrected chi connectivity index (χ0v) is 20.1. The number of benzene rings is 1. The normalized spacial score (nSPS) is 21.0. The summed E-state index contributed by atoms with van der Waals surface area (Å²) in [6.07, 6.45) is 7.09. The van der Waals surface area contributed by atoms with Crippen molar-refractivity contribution in [1.82, 2.24) is 9.27 Å². The van der Waals surface area contributed by atoms with Crippen molar-refractivity contribution in [3.8, 4) is 17.0 Å². The van der Waals surface area contributed by atoms with E-state index in [1.165, 1.54) is 24.4 Å². The van der Waals surface area contributed by atoms with Crippen molar-refractivity contribution in [2.45, 2.75) is 77.0 Å². The second-order valence-electron chi connectivity index (χ2n) is 9.14. The number of aryl methyl sites for hydroxylation is 1. The second kappa shape index (κ2) is 10.5. The van der Waals surface area contributed by atoms with Gasteiger partial charge in [-0.25, -0.2) is 4.79 Å². The number of amides is 1. The monoisotopic (exact) mass is 472 g/mol. The van der Waals surface area contributed by atoms with Crippen molar-refractivity contribution in [2.24, 2.45) is 5.92 Å². The first-order valence-corrected chi connectivity index (χ1v) is 12.5. The van der Waals surface area contributed by atoms with Gasteiger partial charge < -0.3 is 19.5 Å². The Morgan fingerprint density at radius 1 is 1.12 bits per heavy atom. The summed E-state index contributed by atoms with van der Waals surface area (Å²) in [5.74, 6) is -0.327. The van der Waals surface area contributed by atoms with E-state index in [1.54, 1.807) is 4.90 Å². The summed E-state index contributed by atoms with van der Waals surface area (Å²) in [4.78, 5) is 26.6. The van der Waals surface area contributed by atoms with Crippen LogP contribution in [0.25, 0.3) is 11.3 Å². The average Bonchev–Trinajstić information content (AvgIpc) is 3.48. The molecule has 7 nitrogen and oxygen atoms in total. The molecule has 1 aromatic carbocycles. The van der Waals surface area contributed by atoms with E-state index in [4.69, 9.17) is 9.47 Å². The number of carboxylic acid groups (broad SMARTS) is 1. The molecule has 1 heterocycles. The molecule has 2 aromatic rings. The van der Waals surface area contributed by atoms with Crippen molar-refractivity contribution in [1.29, 1.82) is 0 Å². The Bertz CT molecular complexity index is 968. The molecule has 2 atom stereocenters. The molecule has 1 aromatic heterocycles. The number of aliphatic carboxylic acids is 1. The van der Waals surface area contributed by atoms with Crippen LogP contribution in [0.5, 0.6) is 5.75 Å². The maximum absolute atomic E-state index is 12.5. The van der Waals surface area contributed by atoms with Gasteiger partial charge >= 0.3 is 12.1 Å². The number of carbonyl (C=O) groups is 2. The van der Waals surface area contributed by atoms with E-state index in [2.05, 4.69) is 4.37 Å². The van der Waals surface area contributed by atoms with Crippen molar-refractivity contribution >= 4 is 23.6 Å². The first-order valence-electron chi connectivity index (χ1n) is 11.8. The molecule has 2 aliphatic rings. The van der Waals surface area contributed by atoms with Crippen LogP contribution in [0.3, 0.4) is 0 Å². The summed E-state index contributed by atoms with van der Waals surface area (Å²) in [6, 6.07) is 7.99. The standard InChI is InChI=1S/C25H32N2O5S/c1-16-22(15-31-25(30)27(2)19-7-3-4-8-19)23(26-33-16)17-10-12-20(13-11-17)32-21-9-5-6-18(14-21)24(28)29/h10-13,18-19,21H,3-9,14-15H2,1-2H3,(H,28,29)/t18-,21-/m0/s1. The van der Waals surface area contributed by atoms with Crippen LogP contribution in [0.2, 0.25) is 0 Å². The van der Waals surface area contributed by atoms with Gasteiger partial charge in [-0.05, 0) is 81.2 Å². The Morgan fingerprint density at radius 2 is 1.85 bits per heavy atom. The summed E-state index contributed by atoms with van der Waals surface area (Å²) in [6.45, 7) is 2.19. The summed E-state index contributed by atoms with van der Waals surface area (Å²) in [5, 5.41) is 9.28. The van der Waals surface area contributed by atoms with Crippen LogP contribution in [0, 0.1) is 12.8 Å². The van der Waals surface area contributed by atoms with Gasteiger partial charge in [0, 0.05) is 29.1 Å². The molecule has 1 N–H and O–H groups in total. The predicted molar refractivity (Wildman–Crippen MR) is 127 cm³/mol. The minimum absolute atomic E-state index is 0.0703. The lowest BCUT2D eigenvalue weighted by molar-refractivity contribution is -0.143. The predicted octanol–water partition coefficient (Wildman–Crippen LogP) is 5.65. The molecule has 0 unspecified atom stereocenters. The van der Waals surface area contributed by atoms with E-state index >= 15 is 0 Å². The van der Waals surface area contributed by atoms with E-state index < -0.39 is 5.97 Å². The molecule has 0 aliphatic heterocycles. The molecule has 8 heteroatoms. The molecule has 33 heavy (non-hydrogen) atoms. The quantitative estimate of drug-likeness (QED) is 0.560. The number of rotatable bonds is 7. The van der Waals surface area contributed by atoms with Crippen molar-refractivity contribution in [3.05, 3.63) is 34.7 Å². The highest BCUT2D eigenvalue weighted by Crippen LogP contribution is 2.32. The van der Waals surface area contributed by atoms with E-state index in [0.29, 0.717) is 6.42 Å². The van der Waals surface area contributed by atoms with Crippen molar-refractivity contribution in [2.75, 3.05) is 7.05 Å². The van der Waals surface area contributed by atoms with Crippen LogP contribution in [-0.2, 0) is 16.1 Å². The third-order valence-corrected chi connectivity index (χ3v) is 7.69. The fourth-order valence-electron chi connectivity index (χ4n) is 4.82. The Morgan fingerprint density at radius 3 is 2.55 bits per heavy atom. The summed E-state index contributed by atoms with van der Waals surface area (Å²) in [5.41, 5.74) is 2.69. The maximum atomic E-state index is 12.5. The van der Waals surface area contributed by atoms with E-state index in [1.807, 2.05) is 38.2 Å². The highest BCUT2D eigenvalue weighted by molar-refractivity contribution is 7.06. The summed E-state index contributed by atoms with van der Waals surface area (Å²) in [7, 11) is 1.82. The molecule has 2 fully saturated rings. The molecule has 2 aliphatic carbocycles. The Balaban J connectivity index is 1.38. The maximum Gasteiger partial charge on any atom is 0.410 e. The third-order valence-electron chi connectivity index (χ3n) is 6.89. The van der Waals surface area contributed by atoms with Crippen molar-refractivity contribution in [3.63, 3.8) is 0 Å². The Hall–Kier alpha value is -2.61. The number of ether oxygens (including phenoxy) is 2. The minimum Gasteiger partial charge on any atom is -0.490 e. The highest BCUT2D eigenvalue weighted by atomic mass is 32.1. The number of carbonyl (C=O) groups excluding carboxylic acids is 1. The van der Waals surface area contributed by atoms with Crippen LogP contribution < -0.4 is 4.74 Å². The van der Waals surface area contributed by atoms with E-state index in [-0.39, 0.29) is 30.8 Å². The van der Waals surface area contributed by atoms with Crippen LogP contribution in [0.15, 0.2) is 24.3 Å². The molecular weight excluding hydrogens is 440 g/mol. The molecule has 0 saturated heterocycles. The lowest BCUT2D eigenvalue weighted by atomic mass is 9.87. The fraction of sp³-hybridized carbons (Fsp3) is 0.560. The van der Waals surface area contributed by atoms with Gasteiger partial charge in [-0.1, -0.05) is 12.8 Å². The SMILES string of the molecule is Cc1snc(-c2ccc(O[C@H]3CCC[C@H](C(=O)O)C3)cc2)c1COC(=O)N(C)C1CCCC1. The van der Waals surface area contributed by atoms with Gasteiger partial charge in [0.1, 0.15) is 12.4 Å². The molecule has 0 radical (unpaired) electrons. The van der Waals surface area contributed by atoms with Gasteiger partial charge in [0.15, 0.2) is 0 Å². The van der Waals surface area contributed by atoms with Gasteiger partial charge in [-0.2, -0.15) is 4.37 Å². The Kier molecular flexibility index (Phi) is 7.53. The topological polar surface area (TPSA) is 89.0 Å². The van der Waals surface area contributed by atoms with Crippen molar-refractivity contribution < 1.29 is 24.2 Å². The summed E-state index contributed by atoms with van der Waals surface area (Å²) >= 11 is 1.41. The molecule has 4 rings (SSSR count). The van der Waals surface area contributed by atoms with Gasteiger partial charge in [-0.3, -0.25) is 4.79 Å². The first-order chi connectivity index (χ1) is 15.9. The second-order valence-corrected chi connectivity index (χ2v) is 10.1. The molecular formula is C25H32N2O5S. The molecule has 2 saturated carbocycles. The average molecular weight is 473 g/mol. The molecule has 1 amide bonds. The smallest absolute Gasteiger partial charge is 0.410 e. The number of nitrogens with zero attached hydrogens (tertiary/aromatic N) is 2. The van der Waals surface area contributed by atoms with Crippen LogP contribution in [0.1, 0.15) is 61.8 Å². The third kappa shape index (κ3) is 5.66. The van der Waals surface area contributed by atoms with Gasteiger partial charge in [0.25, 0.3) is 0 Å². The number of aromatic nitrogens is 1. The van der Waals surface area contributed by atoms with Gasteiger partial charge in [0.05, 0.1) is 17.7 Å². The molecule has 0 bridgehead atoms. The Labute approximate surface area is 198 Å². The van der Waals surface area contributed by atoms with Crippen LogP contribution >= 0.6 is 11.5 Å². The molecule has 178 valence electrons. The number of hydrogen-bond acceptors (Lipinski definition) is 6. The molecule has 0 spiro atoms. The lowest BCUT2D eigenvalue weighted by Gasteiger charge is -2.27. The minimum atomic E-state index is -0.736. The largest absolute Gasteiger partial charge is 0.490 e. The number of hydrogen-bond donors (Lipinski definition) is 1. The van der Waals surface area contributed by atoms with Crippen LogP contribution in [0.4, 0.5) is 4.79 Å². The zero-order chi connectivity index (χ0) is 23.4. The fourth-order valence-corrected chi connectivity index (χ4v) is 5.53. The first kappa shape index (κ1) is 23.5. The van der Waals surface area contributed by atoms with Gasteiger partial charge in [0.2, 0.25) is 0 Å². The van der Waals surface area contributed by atoms with Gasteiger partial charge in [-0.15, -0.1) is 0 Å². The zero-order valence-electron chi connectivity index (χ0n) is 19.3. The highest BCUT2D eigenvalue weighted by Gasteiger charge is 2.28. The lowest BCUT2D eigenvalue weighted by Crippen LogP contribution is -2.35.